The van der Waals surface area contributed by atoms with Gasteiger partial charge in [-0.05, 0) is 48.9 Å². The molecule has 2 aliphatic heterocycles. The van der Waals surface area contributed by atoms with Crippen molar-refractivity contribution >= 4 is 0 Å². The number of nitrogens with zero attached hydrogens (tertiary/aromatic N) is 3. The first kappa shape index (κ1) is 14.6. The van der Waals surface area contributed by atoms with Crippen LogP contribution in [0.3, 0.4) is 0 Å². The Morgan fingerprint density at radius 3 is 2.31 bits per heavy atom. The molecule has 0 N–H and O–H groups in total. The maximum absolute atomic E-state index is 12.9. The first-order valence-corrected chi connectivity index (χ1v) is 9.32. The summed E-state index contributed by atoms with van der Waals surface area (Å²) in [4.78, 5) is 25.7. The molecule has 1 aromatic heterocycles. The molecule has 5 aliphatic rings. The normalized spacial score (nSPS) is 34.7. The predicted molar refractivity (Wildman–Crippen MR) is 98.6 cm³/mol. The summed E-state index contributed by atoms with van der Waals surface area (Å²) in [7, 11) is 1.58. The van der Waals surface area contributed by atoms with Crippen molar-refractivity contribution in [3.63, 3.8) is 0 Å². The molecule has 7 rings (SSSR count). The van der Waals surface area contributed by atoms with Crippen LogP contribution in [-0.2, 0) is 18.9 Å². The Bertz CT molecular complexity index is 1190. The van der Waals surface area contributed by atoms with Crippen LogP contribution in [0.4, 0.5) is 0 Å². The first-order valence-electron chi connectivity index (χ1n) is 9.32. The minimum atomic E-state index is -0.215. The summed E-state index contributed by atoms with van der Waals surface area (Å²) in [5.74, 6) is 0. The van der Waals surface area contributed by atoms with Gasteiger partial charge in [-0.3, -0.25) is 0 Å². The van der Waals surface area contributed by atoms with Crippen LogP contribution in [-0.4, -0.2) is 13.9 Å². The van der Waals surface area contributed by atoms with E-state index in [1.807, 2.05) is 0 Å². The van der Waals surface area contributed by atoms with E-state index in [0.717, 1.165) is 12.8 Å². The minimum Gasteiger partial charge on any atom is -0.246 e. The molecule has 0 radical (unpaired) electrons. The van der Waals surface area contributed by atoms with Crippen molar-refractivity contribution in [2.45, 2.75) is 44.2 Å². The largest absolute Gasteiger partial charge is 0.347 e. The highest BCUT2D eigenvalue weighted by atomic mass is 16.2. The van der Waals surface area contributed by atoms with Crippen molar-refractivity contribution in [3.8, 4) is 0 Å². The van der Waals surface area contributed by atoms with Gasteiger partial charge in [0.15, 0.2) is 0 Å². The molecule has 0 amide bonds. The molecular formula is C21H21N3O2. The topological polar surface area (TPSA) is 48.9 Å². The fourth-order valence-electron chi connectivity index (χ4n) is 6.38. The molecule has 3 heterocycles. The number of rotatable bonds is 0. The molecule has 0 saturated carbocycles. The summed E-state index contributed by atoms with van der Waals surface area (Å²) in [5.41, 5.74) is 4.71. The highest BCUT2D eigenvalue weighted by Crippen LogP contribution is 2.71. The van der Waals surface area contributed by atoms with Crippen LogP contribution in [0.5, 0.6) is 0 Å². The molecule has 26 heavy (non-hydrogen) atoms. The Kier molecular flexibility index (Phi) is 2.28. The zero-order valence-corrected chi connectivity index (χ0v) is 15.2. The van der Waals surface area contributed by atoms with Crippen LogP contribution in [0.2, 0.25) is 0 Å². The lowest BCUT2D eigenvalue weighted by atomic mass is 9.40. The Morgan fingerprint density at radius 2 is 1.62 bits per heavy atom. The average molecular weight is 347 g/mol. The highest BCUT2D eigenvalue weighted by molar-refractivity contribution is 5.60. The zero-order valence-electron chi connectivity index (χ0n) is 15.2. The smallest absolute Gasteiger partial charge is 0.246 e. The molecular weight excluding hydrogens is 326 g/mol. The zero-order chi connectivity index (χ0) is 18.0. The van der Waals surface area contributed by atoms with Gasteiger partial charge in [0.1, 0.15) is 0 Å². The highest BCUT2D eigenvalue weighted by Gasteiger charge is 2.70. The van der Waals surface area contributed by atoms with Gasteiger partial charge in [-0.2, -0.15) is 0 Å². The summed E-state index contributed by atoms with van der Waals surface area (Å²) in [5, 5.41) is 0. The molecule has 2 aromatic rings. The third kappa shape index (κ3) is 1.17. The number of hydrogen-bond donors (Lipinski definition) is 0. The number of hydrogen-bond acceptors (Lipinski definition) is 2. The van der Waals surface area contributed by atoms with E-state index in [9.17, 15) is 9.59 Å². The molecule has 0 unspecified atom stereocenters. The number of aromatic nitrogens is 3. The van der Waals surface area contributed by atoms with E-state index in [0.29, 0.717) is 0 Å². The lowest BCUT2D eigenvalue weighted by Gasteiger charge is -2.67. The van der Waals surface area contributed by atoms with Crippen molar-refractivity contribution < 1.29 is 0 Å². The Balaban J connectivity index is 1.78. The molecule has 4 atom stereocenters. The Labute approximate surface area is 150 Å². The maximum Gasteiger partial charge on any atom is 0.347 e. The van der Waals surface area contributed by atoms with Crippen LogP contribution in [0.1, 0.15) is 40.8 Å². The number of allylic oxidation sites excluding steroid dienone is 4. The maximum atomic E-state index is 12.9. The molecule has 1 aromatic carbocycles. The molecule has 5 nitrogen and oxygen atoms in total. The van der Waals surface area contributed by atoms with Gasteiger partial charge in [-0.25, -0.2) is 23.5 Å². The van der Waals surface area contributed by atoms with Gasteiger partial charge in [0.2, 0.25) is 0 Å². The van der Waals surface area contributed by atoms with Crippen LogP contribution in [0, 0.1) is 19.3 Å². The lowest BCUT2D eigenvalue weighted by molar-refractivity contribution is -0.00767. The van der Waals surface area contributed by atoms with Gasteiger partial charge < -0.3 is 0 Å². The van der Waals surface area contributed by atoms with Gasteiger partial charge in [0.25, 0.3) is 0 Å². The van der Waals surface area contributed by atoms with Crippen molar-refractivity contribution in [2.24, 2.45) is 12.5 Å². The minimum absolute atomic E-state index is 0.0908. The van der Waals surface area contributed by atoms with E-state index in [1.165, 1.54) is 26.8 Å². The van der Waals surface area contributed by atoms with Gasteiger partial charge >= 0.3 is 11.4 Å². The second-order valence-corrected chi connectivity index (χ2v) is 8.38. The molecule has 5 heteroatoms. The van der Waals surface area contributed by atoms with Crippen LogP contribution < -0.4 is 11.4 Å². The van der Waals surface area contributed by atoms with Gasteiger partial charge in [0.05, 0.1) is 17.5 Å². The monoisotopic (exact) mass is 347 g/mol. The third-order valence-electron chi connectivity index (χ3n) is 7.57. The molecule has 2 bridgehead atoms. The fraction of sp³-hybridized carbons (Fsp3) is 0.429. The average Bonchev–Trinajstić information content (AvgIpc) is 2.85. The summed E-state index contributed by atoms with van der Waals surface area (Å²) in [6.45, 7) is 4.37. The molecule has 0 saturated heterocycles. The van der Waals surface area contributed by atoms with Crippen molar-refractivity contribution in [1.82, 2.24) is 13.9 Å². The van der Waals surface area contributed by atoms with Crippen LogP contribution in [0.25, 0.3) is 0 Å². The SMILES string of the molecule is Cc1ccc(C)c2c1CC[C@@]13C=C[C@]21[C@@H]1C=C[C@@H]3n2c(=O)n(C)c(=O)n21. The van der Waals surface area contributed by atoms with E-state index >= 15 is 0 Å². The van der Waals surface area contributed by atoms with Crippen molar-refractivity contribution in [2.75, 3.05) is 0 Å². The van der Waals surface area contributed by atoms with Crippen LogP contribution in [0.15, 0.2) is 46.0 Å². The Hall–Kier alpha value is -2.56. The quantitative estimate of drug-likeness (QED) is 0.685. The molecule has 132 valence electrons. The molecule has 3 aliphatic carbocycles. The first-order chi connectivity index (χ1) is 12.4. The second kappa shape index (κ2) is 4.05. The van der Waals surface area contributed by atoms with Crippen molar-refractivity contribution in [3.05, 3.63) is 79.7 Å². The number of aryl methyl sites for hydroxylation is 2. The predicted octanol–water partition coefficient (Wildman–Crippen LogP) is 2.07. The molecule has 0 fully saturated rings. The second-order valence-electron chi connectivity index (χ2n) is 8.38. The van der Waals surface area contributed by atoms with E-state index in [4.69, 9.17) is 0 Å². The van der Waals surface area contributed by atoms with Crippen molar-refractivity contribution in [1.29, 1.82) is 0 Å². The van der Waals surface area contributed by atoms with Gasteiger partial charge in [-0.1, -0.05) is 36.4 Å². The summed E-state index contributed by atoms with van der Waals surface area (Å²) in [6, 6.07) is 4.19. The molecule has 0 spiro atoms. The fourth-order valence-corrected chi connectivity index (χ4v) is 6.38. The summed E-state index contributed by atoms with van der Waals surface area (Å²) >= 11 is 0. The third-order valence-corrected chi connectivity index (χ3v) is 7.57. The standard InChI is InChI=1S/C21H21N3O2/c1-12-4-5-13(2)17-14(12)8-9-20-10-11-21(17,20)16-7-6-15(20)23-18(25)22(3)19(26)24(16)23/h4-7,10-11,15-16H,8-9H2,1-3H3/t15-,16-,20-,21-/m0/s1. The van der Waals surface area contributed by atoms with E-state index < -0.39 is 0 Å². The van der Waals surface area contributed by atoms with E-state index in [1.54, 1.807) is 16.4 Å². The number of benzene rings is 1. The summed E-state index contributed by atoms with van der Waals surface area (Å²) in [6.07, 6.45) is 11.0. The summed E-state index contributed by atoms with van der Waals surface area (Å²) < 4.78 is 4.68. The number of fused-ring (bicyclic) bond motifs is 1. The lowest BCUT2D eigenvalue weighted by Crippen LogP contribution is -2.68. The van der Waals surface area contributed by atoms with E-state index in [-0.39, 0.29) is 34.3 Å². The van der Waals surface area contributed by atoms with Crippen LogP contribution >= 0.6 is 0 Å². The van der Waals surface area contributed by atoms with Gasteiger partial charge in [0, 0.05) is 12.5 Å². The van der Waals surface area contributed by atoms with Gasteiger partial charge in [-0.15, -0.1) is 0 Å². The van der Waals surface area contributed by atoms with E-state index in [2.05, 4.69) is 50.3 Å². The Morgan fingerprint density at radius 1 is 0.962 bits per heavy atom.